The molecule has 2 aromatic rings. The van der Waals surface area contributed by atoms with Gasteiger partial charge in [0.25, 0.3) is 0 Å². The van der Waals surface area contributed by atoms with Crippen molar-refractivity contribution in [2.75, 3.05) is 51.5 Å². The normalized spacial score (nSPS) is 24.3. The molecule has 3 aliphatic heterocycles. The van der Waals surface area contributed by atoms with Gasteiger partial charge in [0.2, 0.25) is 0 Å². The van der Waals surface area contributed by atoms with Gasteiger partial charge in [-0.25, -0.2) is 14.8 Å². The summed E-state index contributed by atoms with van der Waals surface area (Å²) in [5.74, 6) is -0.345. The van der Waals surface area contributed by atoms with E-state index >= 15 is 0 Å². The smallest absolute Gasteiger partial charge is 0.358 e. The number of nitrogens with one attached hydrogen (secondary N) is 1. The predicted molar refractivity (Wildman–Crippen MR) is 141 cm³/mol. The van der Waals surface area contributed by atoms with Crippen LogP contribution in [-0.2, 0) is 0 Å². The molecule has 5 heterocycles. The second kappa shape index (κ2) is 10.3. The number of aromatic carboxylic acids is 1. The Morgan fingerprint density at radius 2 is 1.78 bits per heavy atom. The van der Waals surface area contributed by atoms with E-state index in [2.05, 4.69) is 30.2 Å². The molecule has 10 heteroatoms. The topological polar surface area (TPSA) is 125 Å². The first-order valence-corrected chi connectivity index (χ1v) is 14.1. The molecule has 10 nitrogen and oxygen atoms in total. The van der Waals surface area contributed by atoms with E-state index in [0.29, 0.717) is 17.2 Å². The number of nitrogen functional groups attached to an aromatic ring is 1. The number of hydrogen-bond acceptors (Lipinski definition) is 8. The van der Waals surface area contributed by atoms with Crippen molar-refractivity contribution in [2.24, 2.45) is 11.3 Å². The summed E-state index contributed by atoms with van der Waals surface area (Å²) in [6.07, 6.45) is 15.6. The average Bonchev–Trinajstić information content (AvgIpc) is 3.39. The number of rotatable bonds is 6. The Labute approximate surface area is 218 Å². The largest absolute Gasteiger partial charge is 0.476 e. The van der Waals surface area contributed by atoms with Gasteiger partial charge in [0, 0.05) is 37.4 Å². The fourth-order valence-electron chi connectivity index (χ4n) is 7.13. The van der Waals surface area contributed by atoms with E-state index in [1.165, 1.54) is 77.4 Å². The van der Waals surface area contributed by atoms with Crippen molar-refractivity contribution in [3.63, 3.8) is 0 Å². The summed E-state index contributed by atoms with van der Waals surface area (Å²) >= 11 is 0. The van der Waals surface area contributed by atoms with Crippen LogP contribution in [0.15, 0.2) is 18.6 Å². The second-order valence-corrected chi connectivity index (χ2v) is 11.8. The first-order valence-electron chi connectivity index (χ1n) is 14.1. The van der Waals surface area contributed by atoms with Crippen LogP contribution >= 0.6 is 0 Å². The molecule has 1 spiro atoms. The third kappa shape index (κ3) is 5.24. The minimum absolute atomic E-state index is 0.0726. The monoisotopic (exact) mass is 508 g/mol. The van der Waals surface area contributed by atoms with Crippen LogP contribution in [0.25, 0.3) is 11.3 Å². The number of hydrogen-bond donors (Lipinski definition) is 3. The van der Waals surface area contributed by atoms with E-state index in [1.807, 2.05) is 10.9 Å². The van der Waals surface area contributed by atoms with E-state index < -0.39 is 5.97 Å². The molecule has 1 saturated carbocycles. The van der Waals surface area contributed by atoms with E-state index in [4.69, 9.17) is 5.73 Å². The average molecular weight is 509 g/mol. The molecule has 0 amide bonds. The summed E-state index contributed by atoms with van der Waals surface area (Å²) in [5, 5.41) is 17.4. The van der Waals surface area contributed by atoms with Crippen molar-refractivity contribution in [3.05, 3.63) is 24.3 Å². The Morgan fingerprint density at radius 1 is 1.05 bits per heavy atom. The zero-order chi connectivity index (χ0) is 25.4. The number of anilines is 1. The summed E-state index contributed by atoms with van der Waals surface area (Å²) in [7, 11) is 0. The first kappa shape index (κ1) is 24.8. The third-order valence-electron chi connectivity index (χ3n) is 9.52. The summed E-state index contributed by atoms with van der Waals surface area (Å²) in [4.78, 5) is 25.0. The van der Waals surface area contributed by atoms with Gasteiger partial charge in [-0.15, -0.1) is 0 Å². The van der Waals surface area contributed by atoms with Crippen molar-refractivity contribution >= 4 is 11.8 Å². The standard InChI is InChI=1S/C27H40N8O2/c28-25-24(26(36)37)32-23(16-30-25)20-15-31-35(18-20)21-3-9-34(10-4-21)22-13-27(14-22)5-11-33(12-6-27)17-19-1-7-29-8-2-19/h15-16,18-19,21-22,29H,1-14,17H2,(H2,28,30)(H,36,37). The van der Waals surface area contributed by atoms with Crippen LogP contribution in [0.2, 0.25) is 0 Å². The van der Waals surface area contributed by atoms with Crippen LogP contribution in [-0.4, -0.2) is 92.5 Å². The molecule has 4 aliphatic rings. The van der Waals surface area contributed by atoms with Crippen molar-refractivity contribution in [2.45, 2.75) is 63.5 Å². The molecule has 4 fully saturated rings. The fourth-order valence-corrected chi connectivity index (χ4v) is 7.13. The molecule has 200 valence electrons. The van der Waals surface area contributed by atoms with Crippen LogP contribution in [0, 0.1) is 11.3 Å². The summed E-state index contributed by atoms with van der Waals surface area (Å²) in [5.41, 5.74) is 7.29. The number of piperidine rings is 3. The maximum absolute atomic E-state index is 11.3. The highest BCUT2D eigenvalue weighted by atomic mass is 16.4. The maximum atomic E-state index is 11.3. The minimum atomic E-state index is -1.17. The van der Waals surface area contributed by atoms with Gasteiger partial charge in [0.15, 0.2) is 11.5 Å². The third-order valence-corrected chi connectivity index (χ3v) is 9.52. The predicted octanol–water partition coefficient (Wildman–Crippen LogP) is 2.50. The molecule has 37 heavy (non-hydrogen) atoms. The minimum Gasteiger partial charge on any atom is -0.476 e. The molecule has 0 unspecified atom stereocenters. The Balaban J connectivity index is 0.968. The van der Waals surface area contributed by atoms with Gasteiger partial charge < -0.3 is 26.0 Å². The van der Waals surface area contributed by atoms with Crippen LogP contribution in [0.3, 0.4) is 0 Å². The molecule has 4 N–H and O–H groups in total. The number of nitrogens with zero attached hydrogens (tertiary/aromatic N) is 6. The zero-order valence-corrected chi connectivity index (χ0v) is 21.7. The quantitative estimate of drug-likeness (QED) is 0.540. The number of nitrogens with two attached hydrogens (primary N) is 1. The van der Waals surface area contributed by atoms with Gasteiger partial charge in [0.1, 0.15) is 0 Å². The Bertz CT molecular complexity index is 1090. The van der Waals surface area contributed by atoms with E-state index in [-0.39, 0.29) is 11.5 Å². The number of likely N-dealkylation sites (tertiary alicyclic amines) is 2. The lowest BCUT2D eigenvalue weighted by atomic mass is 9.59. The van der Waals surface area contributed by atoms with Crippen LogP contribution in [0.5, 0.6) is 0 Å². The number of aromatic nitrogens is 4. The molecule has 1 aliphatic carbocycles. The maximum Gasteiger partial charge on any atom is 0.358 e. The SMILES string of the molecule is Nc1ncc(-c2cnn(C3CCN(C4CC5(CCN(CC6CCNCC6)CC5)C4)CC3)c2)nc1C(=O)O. The lowest BCUT2D eigenvalue weighted by molar-refractivity contribution is -0.0536. The Hall–Kier alpha value is -2.56. The molecule has 0 aromatic carbocycles. The van der Waals surface area contributed by atoms with E-state index in [9.17, 15) is 9.90 Å². The molecular formula is C27H40N8O2. The molecule has 3 saturated heterocycles. The molecule has 6 rings (SSSR count). The number of carboxylic acids is 1. The number of carbonyl (C=O) groups is 1. The van der Waals surface area contributed by atoms with Gasteiger partial charge in [-0.2, -0.15) is 5.10 Å². The zero-order valence-electron chi connectivity index (χ0n) is 21.7. The Morgan fingerprint density at radius 3 is 2.49 bits per heavy atom. The van der Waals surface area contributed by atoms with E-state index in [0.717, 1.165) is 43.5 Å². The van der Waals surface area contributed by atoms with Gasteiger partial charge in [-0.1, -0.05) is 0 Å². The molecular weight excluding hydrogens is 468 g/mol. The first-order chi connectivity index (χ1) is 18.0. The lowest BCUT2D eigenvalue weighted by Gasteiger charge is -2.56. The Kier molecular flexibility index (Phi) is 6.89. The summed E-state index contributed by atoms with van der Waals surface area (Å²) < 4.78 is 2.02. The molecule has 0 bridgehead atoms. The molecule has 2 aromatic heterocycles. The van der Waals surface area contributed by atoms with Crippen molar-refractivity contribution < 1.29 is 9.90 Å². The highest BCUT2D eigenvalue weighted by molar-refractivity contribution is 5.90. The fraction of sp³-hybridized carbons (Fsp3) is 0.704. The van der Waals surface area contributed by atoms with Gasteiger partial charge in [0.05, 0.1) is 24.1 Å². The van der Waals surface area contributed by atoms with Crippen molar-refractivity contribution in [1.29, 1.82) is 0 Å². The van der Waals surface area contributed by atoms with Crippen molar-refractivity contribution in [1.82, 2.24) is 34.9 Å². The van der Waals surface area contributed by atoms with Crippen LogP contribution in [0.4, 0.5) is 5.82 Å². The van der Waals surface area contributed by atoms with Gasteiger partial charge in [-0.3, -0.25) is 4.68 Å². The van der Waals surface area contributed by atoms with Crippen molar-refractivity contribution in [3.8, 4) is 11.3 Å². The highest BCUT2D eigenvalue weighted by Crippen LogP contribution is 2.51. The molecule has 0 radical (unpaired) electrons. The lowest BCUT2D eigenvalue weighted by Crippen LogP contribution is -2.56. The number of carboxylic acid groups (broad SMARTS) is 1. The van der Waals surface area contributed by atoms with Crippen LogP contribution in [0.1, 0.15) is 67.9 Å². The summed E-state index contributed by atoms with van der Waals surface area (Å²) in [6.45, 7) is 8.55. The van der Waals surface area contributed by atoms with Gasteiger partial charge in [-0.05, 0) is 88.9 Å². The van der Waals surface area contributed by atoms with Crippen LogP contribution < -0.4 is 11.1 Å². The molecule has 0 atom stereocenters. The second-order valence-electron chi connectivity index (χ2n) is 11.8. The van der Waals surface area contributed by atoms with Gasteiger partial charge >= 0.3 is 5.97 Å². The highest BCUT2D eigenvalue weighted by Gasteiger charge is 2.48. The summed E-state index contributed by atoms with van der Waals surface area (Å²) in [6, 6.07) is 1.11. The van der Waals surface area contributed by atoms with E-state index in [1.54, 1.807) is 6.20 Å².